The van der Waals surface area contributed by atoms with Crippen molar-refractivity contribution < 1.29 is 4.79 Å². The average molecular weight is 386 g/mol. The number of carbonyl (C=O) groups is 1. The van der Waals surface area contributed by atoms with Gasteiger partial charge in [-0.15, -0.1) is 0 Å². The lowest BCUT2D eigenvalue weighted by atomic mass is 9.83. The molecule has 0 heterocycles. The van der Waals surface area contributed by atoms with Gasteiger partial charge in [0.25, 0.3) is 5.91 Å². The second-order valence-electron chi connectivity index (χ2n) is 5.70. The van der Waals surface area contributed by atoms with Gasteiger partial charge in [-0.05, 0) is 66.4 Å². The molecule has 0 aromatic heterocycles. The molecule has 2 N–H and O–H groups in total. The first-order valence-corrected chi connectivity index (χ1v) is 8.36. The molecular weight excluding hydrogens is 363 g/mol. The van der Waals surface area contributed by atoms with Crippen LogP contribution in [-0.2, 0) is 0 Å². The van der Waals surface area contributed by atoms with Crippen molar-refractivity contribution in [1.29, 1.82) is 0 Å². The Morgan fingerprint density at radius 1 is 1.40 bits per heavy atom. The Kier molecular flexibility index (Phi) is 5.43. The van der Waals surface area contributed by atoms with Gasteiger partial charge in [0, 0.05) is 16.7 Å². The third kappa shape index (κ3) is 3.17. The van der Waals surface area contributed by atoms with Gasteiger partial charge in [0.05, 0.1) is 5.56 Å². The summed E-state index contributed by atoms with van der Waals surface area (Å²) < 4.78 is 1.06. The van der Waals surface area contributed by atoms with Crippen LogP contribution in [-0.4, -0.2) is 30.4 Å². The van der Waals surface area contributed by atoms with E-state index in [0.717, 1.165) is 27.5 Å². The van der Waals surface area contributed by atoms with Gasteiger partial charge in [-0.3, -0.25) is 4.79 Å². The van der Waals surface area contributed by atoms with Crippen LogP contribution in [0.4, 0.5) is 0 Å². The Balaban J connectivity index is 2.21. The number of hydrogen-bond acceptors (Lipinski definition) is 2. The van der Waals surface area contributed by atoms with Crippen LogP contribution in [0.3, 0.4) is 0 Å². The number of benzene rings is 1. The molecule has 1 saturated carbocycles. The van der Waals surface area contributed by atoms with Crippen LogP contribution in [0.2, 0.25) is 0 Å². The minimum atomic E-state index is 0.128. The van der Waals surface area contributed by atoms with E-state index < -0.39 is 0 Å². The van der Waals surface area contributed by atoms with Gasteiger partial charge in [-0.2, -0.15) is 0 Å². The predicted octanol–water partition coefficient (Wildman–Crippen LogP) is 3.19. The van der Waals surface area contributed by atoms with Crippen molar-refractivity contribution in [3.63, 3.8) is 0 Å². The fourth-order valence-electron chi connectivity index (χ4n) is 3.13. The maximum absolute atomic E-state index is 12.8. The Morgan fingerprint density at radius 3 is 2.80 bits per heavy atom. The van der Waals surface area contributed by atoms with Crippen molar-refractivity contribution in [3.05, 3.63) is 32.9 Å². The Bertz CT molecular complexity index is 489. The van der Waals surface area contributed by atoms with Crippen molar-refractivity contribution in [2.24, 2.45) is 11.7 Å². The van der Waals surface area contributed by atoms with E-state index >= 15 is 0 Å². The fraction of sp³-hybridized carbons (Fsp3) is 0.562. The van der Waals surface area contributed by atoms with Crippen LogP contribution in [0.1, 0.15) is 41.6 Å². The van der Waals surface area contributed by atoms with Gasteiger partial charge in [-0.1, -0.05) is 25.0 Å². The molecule has 0 saturated heterocycles. The molecule has 1 aromatic carbocycles. The predicted molar refractivity (Wildman–Crippen MR) is 90.8 cm³/mol. The molecule has 1 amide bonds. The van der Waals surface area contributed by atoms with E-state index in [4.69, 9.17) is 5.73 Å². The normalized spacial score (nSPS) is 22.6. The molecule has 2 rings (SSSR count). The zero-order valence-electron chi connectivity index (χ0n) is 12.2. The highest BCUT2D eigenvalue weighted by atomic mass is 127. The standard InChI is InChI=1S/C16H23IN2O/c1-11-6-5-8-13(15(11)17)16(20)19(2)14-9-4-3-7-12(14)10-18/h5-6,8,12,14H,3-4,7,9-10,18H2,1-2H3. The lowest BCUT2D eigenvalue weighted by Crippen LogP contribution is -2.46. The van der Waals surface area contributed by atoms with E-state index in [0.29, 0.717) is 12.5 Å². The smallest absolute Gasteiger partial charge is 0.254 e. The molecule has 1 aliphatic rings. The number of nitrogens with two attached hydrogens (primary N) is 1. The maximum Gasteiger partial charge on any atom is 0.254 e. The molecule has 1 aromatic rings. The van der Waals surface area contributed by atoms with E-state index in [9.17, 15) is 4.79 Å². The molecule has 4 heteroatoms. The molecule has 2 atom stereocenters. The molecule has 1 fully saturated rings. The summed E-state index contributed by atoms with van der Waals surface area (Å²) in [7, 11) is 1.93. The summed E-state index contributed by atoms with van der Waals surface area (Å²) in [4.78, 5) is 14.7. The molecule has 110 valence electrons. The fourth-order valence-corrected chi connectivity index (χ4v) is 3.72. The zero-order chi connectivity index (χ0) is 14.7. The second kappa shape index (κ2) is 6.89. The van der Waals surface area contributed by atoms with E-state index in [1.807, 2.05) is 37.1 Å². The van der Waals surface area contributed by atoms with Gasteiger partial charge in [0.2, 0.25) is 0 Å². The van der Waals surface area contributed by atoms with Crippen molar-refractivity contribution >= 4 is 28.5 Å². The van der Waals surface area contributed by atoms with Crippen molar-refractivity contribution in [3.8, 4) is 0 Å². The topological polar surface area (TPSA) is 46.3 Å². The molecule has 1 aliphatic carbocycles. The van der Waals surface area contributed by atoms with Crippen LogP contribution < -0.4 is 5.73 Å². The first kappa shape index (κ1) is 15.8. The largest absolute Gasteiger partial charge is 0.338 e. The molecule has 20 heavy (non-hydrogen) atoms. The molecular formula is C16H23IN2O. The van der Waals surface area contributed by atoms with E-state index in [1.54, 1.807) is 0 Å². The number of amides is 1. The van der Waals surface area contributed by atoms with Crippen LogP contribution in [0.25, 0.3) is 0 Å². The number of nitrogens with zero attached hydrogens (tertiary/aromatic N) is 1. The van der Waals surface area contributed by atoms with Gasteiger partial charge in [-0.25, -0.2) is 0 Å². The quantitative estimate of drug-likeness (QED) is 0.812. The van der Waals surface area contributed by atoms with Gasteiger partial charge in [0.1, 0.15) is 0 Å². The Hall–Kier alpha value is -0.620. The summed E-state index contributed by atoms with van der Waals surface area (Å²) in [5, 5.41) is 0. The highest BCUT2D eigenvalue weighted by Gasteiger charge is 2.30. The molecule has 0 bridgehead atoms. The minimum absolute atomic E-state index is 0.128. The van der Waals surface area contributed by atoms with Crippen molar-refractivity contribution in [2.45, 2.75) is 38.6 Å². The summed E-state index contributed by atoms with van der Waals surface area (Å²) >= 11 is 2.27. The number of hydrogen-bond donors (Lipinski definition) is 1. The van der Waals surface area contributed by atoms with E-state index in [-0.39, 0.29) is 11.9 Å². The Labute approximate surface area is 135 Å². The summed E-state index contributed by atoms with van der Waals surface area (Å²) in [6.07, 6.45) is 4.66. The van der Waals surface area contributed by atoms with Crippen LogP contribution >= 0.6 is 22.6 Å². The minimum Gasteiger partial charge on any atom is -0.338 e. The summed E-state index contributed by atoms with van der Waals surface area (Å²) in [5.74, 6) is 0.573. The SMILES string of the molecule is Cc1cccc(C(=O)N(C)C2CCCCC2CN)c1I. The van der Waals surface area contributed by atoms with Gasteiger partial charge < -0.3 is 10.6 Å². The van der Waals surface area contributed by atoms with Crippen molar-refractivity contribution in [1.82, 2.24) is 4.90 Å². The lowest BCUT2D eigenvalue weighted by molar-refractivity contribution is 0.0619. The molecule has 0 radical (unpaired) electrons. The molecule has 2 unspecified atom stereocenters. The lowest BCUT2D eigenvalue weighted by Gasteiger charge is -2.37. The van der Waals surface area contributed by atoms with Crippen LogP contribution in [0.15, 0.2) is 18.2 Å². The second-order valence-corrected chi connectivity index (χ2v) is 6.78. The monoisotopic (exact) mass is 386 g/mol. The summed E-state index contributed by atoms with van der Waals surface area (Å²) in [6.45, 7) is 2.72. The highest BCUT2D eigenvalue weighted by Crippen LogP contribution is 2.29. The average Bonchev–Trinajstić information content (AvgIpc) is 2.48. The van der Waals surface area contributed by atoms with Crippen LogP contribution in [0.5, 0.6) is 0 Å². The molecule has 0 aliphatic heterocycles. The maximum atomic E-state index is 12.8. The molecule has 3 nitrogen and oxygen atoms in total. The zero-order valence-corrected chi connectivity index (χ0v) is 14.4. The Morgan fingerprint density at radius 2 is 2.10 bits per heavy atom. The van der Waals surface area contributed by atoms with E-state index in [1.165, 1.54) is 12.8 Å². The van der Waals surface area contributed by atoms with Gasteiger partial charge >= 0.3 is 0 Å². The summed E-state index contributed by atoms with van der Waals surface area (Å²) in [5.41, 5.74) is 7.86. The number of aryl methyl sites for hydroxylation is 1. The number of rotatable bonds is 3. The number of halogens is 1. The summed E-state index contributed by atoms with van der Waals surface area (Å²) in [6, 6.07) is 6.22. The van der Waals surface area contributed by atoms with Crippen LogP contribution in [0, 0.1) is 16.4 Å². The third-order valence-electron chi connectivity index (χ3n) is 4.41. The number of carbonyl (C=O) groups excluding carboxylic acids is 1. The van der Waals surface area contributed by atoms with Gasteiger partial charge in [0.15, 0.2) is 0 Å². The first-order valence-electron chi connectivity index (χ1n) is 7.28. The highest BCUT2D eigenvalue weighted by molar-refractivity contribution is 14.1. The first-order chi connectivity index (χ1) is 9.56. The molecule has 0 spiro atoms. The van der Waals surface area contributed by atoms with E-state index in [2.05, 4.69) is 22.6 Å². The van der Waals surface area contributed by atoms with Crippen molar-refractivity contribution in [2.75, 3.05) is 13.6 Å². The third-order valence-corrected chi connectivity index (χ3v) is 5.84.